The molecule has 1 N–H and O–H groups in total. The molecule has 2 aromatic carbocycles. The van der Waals surface area contributed by atoms with Gasteiger partial charge in [0.2, 0.25) is 5.75 Å². The van der Waals surface area contributed by atoms with Crippen LogP contribution in [0.1, 0.15) is 0 Å². The molecule has 2 aromatic rings. The smallest absolute Gasteiger partial charge is 0.326 e. The first kappa shape index (κ1) is 16.5. The third-order valence-electron chi connectivity index (χ3n) is 3.36. The number of nitrogens with zero attached hydrogens (tertiary/aromatic N) is 1. The van der Waals surface area contributed by atoms with Crippen LogP contribution in [0.15, 0.2) is 42.5 Å². The maximum atomic E-state index is 12.4. The Bertz CT molecular complexity index is 649. The molecule has 0 aliphatic carbocycles. The minimum Gasteiger partial charge on any atom is -0.493 e. The van der Waals surface area contributed by atoms with E-state index in [2.05, 4.69) is 5.32 Å². The molecule has 2 rings (SSSR count). The molecule has 0 unspecified atom stereocenters. The molecule has 6 nitrogen and oxygen atoms in total. The van der Waals surface area contributed by atoms with Gasteiger partial charge in [0.05, 0.1) is 27.0 Å². The van der Waals surface area contributed by atoms with Crippen LogP contribution in [0.25, 0.3) is 0 Å². The highest BCUT2D eigenvalue weighted by Gasteiger charge is 2.16. The van der Waals surface area contributed by atoms with E-state index in [0.29, 0.717) is 22.9 Å². The number of ether oxygens (including phenoxy) is 3. The second-order valence-electron chi connectivity index (χ2n) is 4.74. The first-order valence-corrected chi connectivity index (χ1v) is 7.00. The Labute approximate surface area is 135 Å². The van der Waals surface area contributed by atoms with E-state index < -0.39 is 0 Å². The van der Waals surface area contributed by atoms with Crippen molar-refractivity contribution < 1.29 is 19.0 Å². The molecule has 0 heterocycles. The molecule has 0 saturated carbocycles. The van der Waals surface area contributed by atoms with Gasteiger partial charge in [-0.3, -0.25) is 4.90 Å². The summed E-state index contributed by atoms with van der Waals surface area (Å²) in [6.45, 7) is 0. The SMILES string of the molecule is COc1cc(NC(=O)N(C)c2ccccc2)cc(OC)c1OC. The van der Waals surface area contributed by atoms with Crippen molar-refractivity contribution in [1.82, 2.24) is 0 Å². The Balaban J connectivity index is 2.24. The molecule has 6 heteroatoms. The van der Waals surface area contributed by atoms with Crippen LogP contribution in [-0.2, 0) is 0 Å². The number of carbonyl (C=O) groups is 1. The van der Waals surface area contributed by atoms with E-state index in [4.69, 9.17) is 14.2 Å². The molecule has 0 radical (unpaired) electrons. The summed E-state index contributed by atoms with van der Waals surface area (Å²) in [6.07, 6.45) is 0. The number of nitrogens with one attached hydrogen (secondary N) is 1. The highest BCUT2D eigenvalue weighted by atomic mass is 16.5. The third kappa shape index (κ3) is 3.66. The number of hydrogen-bond donors (Lipinski definition) is 1. The van der Waals surface area contributed by atoms with E-state index in [9.17, 15) is 4.79 Å². The average Bonchev–Trinajstić information content (AvgIpc) is 2.60. The van der Waals surface area contributed by atoms with E-state index in [1.807, 2.05) is 30.3 Å². The minimum atomic E-state index is -0.273. The average molecular weight is 316 g/mol. The predicted octanol–water partition coefficient (Wildman–Crippen LogP) is 3.38. The lowest BCUT2D eigenvalue weighted by atomic mass is 10.2. The van der Waals surface area contributed by atoms with Crippen molar-refractivity contribution in [3.8, 4) is 17.2 Å². The van der Waals surface area contributed by atoms with Crippen LogP contribution in [0.2, 0.25) is 0 Å². The highest BCUT2D eigenvalue weighted by Crippen LogP contribution is 2.40. The van der Waals surface area contributed by atoms with Gasteiger partial charge in [-0.05, 0) is 12.1 Å². The monoisotopic (exact) mass is 316 g/mol. The van der Waals surface area contributed by atoms with Crippen molar-refractivity contribution in [2.24, 2.45) is 0 Å². The maximum Gasteiger partial charge on any atom is 0.326 e. The van der Waals surface area contributed by atoms with Crippen LogP contribution in [0.3, 0.4) is 0 Å². The van der Waals surface area contributed by atoms with Crippen LogP contribution in [0.4, 0.5) is 16.2 Å². The summed E-state index contributed by atoms with van der Waals surface area (Å²) in [5, 5.41) is 2.81. The zero-order chi connectivity index (χ0) is 16.8. The van der Waals surface area contributed by atoms with Gasteiger partial charge in [0.1, 0.15) is 0 Å². The molecule has 122 valence electrons. The molecule has 0 saturated heterocycles. The molecular weight excluding hydrogens is 296 g/mol. The molecule has 0 fully saturated rings. The Kier molecular flexibility index (Phi) is 5.30. The molecule has 0 bridgehead atoms. The Morgan fingerprint density at radius 1 is 0.957 bits per heavy atom. The van der Waals surface area contributed by atoms with Gasteiger partial charge in [0.25, 0.3) is 0 Å². The summed E-state index contributed by atoms with van der Waals surface area (Å²) in [5.74, 6) is 1.43. The van der Waals surface area contributed by atoms with Crippen LogP contribution >= 0.6 is 0 Å². The maximum absolute atomic E-state index is 12.4. The number of rotatable bonds is 5. The fraction of sp³-hybridized carbons (Fsp3) is 0.235. The highest BCUT2D eigenvalue weighted by molar-refractivity contribution is 6.01. The van der Waals surface area contributed by atoms with E-state index in [-0.39, 0.29) is 6.03 Å². The zero-order valence-corrected chi connectivity index (χ0v) is 13.6. The Morgan fingerprint density at radius 3 is 2.00 bits per heavy atom. The lowest BCUT2D eigenvalue weighted by Gasteiger charge is -2.19. The number of carbonyl (C=O) groups excluding carboxylic acids is 1. The van der Waals surface area contributed by atoms with Crippen LogP contribution in [0.5, 0.6) is 17.2 Å². The van der Waals surface area contributed by atoms with E-state index in [0.717, 1.165) is 5.69 Å². The van der Waals surface area contributed by atoms with Gasteiger partial charge in [-0.15, -0.1) is 0 Å². The number of methoxy groups -OCH3 is 3. The molecule has 0 spiro atoms. The topological polar surface area (TPSA) is 60.0 Å². The van der Waals surface area contributed by atoms with Gasteiger partial charge in [-0.1, -0.05) is 18.2 Å². The lowest BCUT2D eigenvalue weighted by Crippen LogP contribution is -2.31. The van der Waals surface area contributed by atoms with Crippen molar-refractivity contribution in [3.05, 3.63) is 42.5 Å². The van der Waals surface area contributed by atoms with Gasteiger partial charge in [0, 0.05) is 24.9 Å². The Morgan fingerprint density at radius 2 is 1.52 bits per heavy atom. The van der Waals surface area contributed by atoms with Gasteiger partial charge in [0.15, 0.2) is 11.5 Å². The molecule has 0 aliphatic rings. The van der Waals surface area contributed by atoms with E-state index in [1.165, 1.54) is 26.2 Å². The van der Waals surface area contributed by atoms with E-state index in [1.54, 1.807) is 19.2 Å². The van der Waals surface area contributed by atoms with Crippen molar-refractivity contribution in [3.63, 3.8) is 0 Å². The number of para-hydroxylation sites is 1. The van der Waals surface area contributed by atoms with Crippen molar-refractivity contribution in [2.45, 2.75) is 0 Å². The quantitative estimate of drug-likeness (QED) is 0.918. The van der Waals surface area contributed by atoms with Crippen LogP contribution < -0.4 is 24.4 Å². The standard InChI is InChI=1S/C17H20N2O4/c1-19(13-8-6-5-7-9-13)17(20)18-12-10-14(21-2)16(23-4)15(11-12)22-3/h5-11H,1-4H3,(H,18,20). The molecular formula is C17H20N2O4. The minimum absolute atomic E-state index is 0.273. The first-order valence-electron chi connectivity index (χ1n) is 7.00. The zero-order valence-electron chi connectivity index (χ0n) is 13.6. The molecule has 0 atom stereocenters. The number of amides is 2. The van der Waals surface area contributed by atoms with Crippen molar-refractivity contribution in [1.29, 1.82) is 0 Å². The number of benzene rings is 2. The molecule has 0 aliphatic heterocycles. The lowest BCUT2D eigenvalue weighted by molar-refractivity contribution is 0.258. The summed E-state index contributed by atoms with van der Waals surface area (Å²) < 4.78 is 15.8. The van der Waals surface area contributed by atoms with Crippen LogP contribution in [0, 0.1) is 0 Å². The second kappa shape index (κ2) is 7.40. The largest absolute Gasteiger partial charge is 0.493 e. The van der Waals surface area contributed by atoms with Gasteiger partial charge in [-0.25, -0.2) is 4.79 Å². The number of hydrogen-bond acceptors (Lipinski definition) is 4. The fourth-order valence-corrected chi connectivity index (χ4v) is 2.13. The summed E-state index contributed by atoms with van der Waals surface area (Å²) >= 11 is 0. The van der Waals surface area contributed by atoms with Crippen LogP contribution in [-0.4, -0.2) is 34.4 Å². The van der Waals surface area contributed by atoms with Gasteiger partial charge < -0.3 is 19.5 Å². The molecule has 2 amide bonds. The summed E-state index contributed by atoms with van der Waals surface area (Å²) in [6, 6.07) is 12.4. The number of anilines is 2. The van der Waals surface area contributed by atoms with E-state index >= 15 is 0 Å². The number of urea groups is 1. The summed E-state index contributed by atoms with van der Waals surface area (Å²) in [7, 11) is 6.28. The fourth-order valence-electron chi connectivity index (χ4n) is 2.13. The normalized spacial score (nSPS) is 9.91. The first-order chi connectivity index (χ1) is 11.1. The summed E-state index contributed by atoms with van der Waals surface area (Å²) in [5.41, 5.74) is 1.34. The molecule has 23 heavy (non-hydrogen) atoms. The molecule has 0 aromatic heterocycles. The predicted molar refractivity (Wildman–Crippen MR) is 90.0 cm³/mol. The third-order valence-corrected chi connectivity index (χ3v) is 3.36. The van der Waals surface area contributed by atoms with Gasteiger partial charge >= 0.3 is 6.03 Å². The summed E-state index contributed by atoms with van der Waals surface area (Å²) in [4.78, 5) is 13.9. The Hall–Kier alpha value is -2.89. The second-order valence-corrected chi connectivity index (χ2v) is 4.74. The van der Waals surface area contributed by atoms with Crippen molar-refractivity contribution in [2.75, 3.05) is 38.6 Å². The van der Waals surface area contributed by atoms with Gasteiger partial charge in [-0.2, -0.15) is 0 Å². The van der Waals surface area contributed by atoms with Crippen molar-refractivity contribution >= 4 is 17.4 Å².